The highest BCUT2D eigenvalue weighted by molar-refractivity contribution is 5.59. The number of rotatable bonds is 5. The number of pyridine rings is 1. The van der Waals surface area contributed by atoms with Gasteiger partial charge in [-0.25, -0.2) is 5.90 Å². The van der Waals surface area contributed by atoms with Crippen LogP contribution in [0.25, 0.3) is 0 Å². The molecule has 0 aliphatic carbocycles. The first-order valence-electron chi connectivity index (χ1n) is 5.93. The molecule has 0 radical (unpaired) electrons. The Morgan fingerprint density at radius 3 is 2.56 bits per heavy atom. The fourth-order valence-electron chi connectivity index (χ4n) is 1.70. The number of aromatic nitrogens is 1. The first-order chi connectivity index (χ1) is 8.81. The maximum absolute atomic E-state index is 5.03. The second-order valence-electron chi connectivity index (χ2n) is 4.07. The molecule has 94 valence electrons. The van der Waals surface area contributed by atoms with Crippen molar-refractivity contribution < 1.29 is 4.84 Å². The molecule has 0 saturated heterocycles. The molecule has 0 atom stereocenters. The van der Waals surface area contributed by atoms with Crippen LogP contribution < -0.4 is 11.2 Å². The fourth-order valence-corrected chi connectivity index (χ4v) is 1.70. The van der Waals surface area contributed by atoms with E-state index >= 15 is 0 Å². The normalized spacial score (nSPS) is 10.3. The zero-order valence-electron chi connectivity index (χ0n) is 10.4. The Balaban J connectivity index is 2.08. The lowest BCUT2D eigenvalue weighted by Gasteiger charge is -2.08. The van der Waals surface area contributed by atoms with Crippen molar-refractivity contribution in [1.29, 1.82) is 0 Å². The third kappa shape index (κ3) is 3.29. The van der Waals surface area contributed by atoms with Crippen LogP contribution in [0.1, 0.15) is 18.1 Å². The second kappa shape index (κ2) is 6.14. The molecule has 1 heterocycles. The van der Waals surface area contributed by atoms with Gasteiger partial charge in [-0.05, 0) is 35.7 Å². The highest BCUT2D eigenvalue weighted by atomic mass is 16.6. The largest absolute Gasteiger partial charge is 0.354 e. The Morgan fingerprint density at radius 1 is 1.11 bits per heavy atom. The summed E-state index contributed by atoms with van der Waals surface area (Å²) in [4.78, 5) is 8.79. The predicted molar refractivity (Wildman–Crippen MR) is 72.3 cm³/mol. The molecule has 1 aromatic carbocycles. The van der Waals surface area contributed by atoms with Crippen molar-refractivity contribution in [2.24, 2.45) is 5.90 Å². The Hall–Kier alpha value is -1.91. The van der Waals surface area contributed by atoms with Gasteiger partial charge in [0.1, 0.15) is 0 Å². The molecule has 2 aromatic rings. The molecule has 0 bridgehead atoms. The number of benzene rings is 1. The van der Waals surface area contributed by atoms with Gasteiger partial charge in [0.25, 0.3) is 0 Å². The lowest BCUT2D eigenvalue weighted by atomic mass is 10.2. The van der Waals surface area contributed by atoms with Gasteiger partial charge in [-0.1, -0.05) is 19.1 Å². The standard InChI is InChI=1S/C14H17N3O/c1-2-11-7-14(9-16-8-11)17-13-5-3-12(4-6-13)10-18-15/h3-9,17H,2,10,15H2,1H3. The molecular weight excluding hydrogens is 226 g/mol. The number of aryl methyl sites for hydroxylation is 1. The van der Waals surface area contributed by atoms with E-state index < -0.39 is 0 Å². The van der Waals surface area contributed by atoms with E-state index in [0.717, 1.165) is 23.4 Å². The molecule has 0 unspecified atom stereocenters. The first kappa shape index (κ1) is 12.5. The summed E-state index contributed by atoms with van der Waals surface area (Å²) in [6.45, 7) is 2.54. The molecule has 3 N–H and O–H groups in total. The van der Waals surface area contributed by atoms with E-state index in [9.17, 15) is 0 Å². The molecule has 4 nitrogen and oxygen atoms in total. The first-order valence-corrected chi connectivity index (χ1v) is 5.93. The molecule has 0 amide bonds. The van der Waals surface area contributed by atoms with Crippen molar-refractivity contribution >= 4 is 11.4 Å². The van der Waals surface area contributed by atoms with E-state index in [2.05, 4.69) is 28.1 Å². The average Bonchev–Trinajstić information content (AvgIpc) is 2.42. The SMILES string of the molecule is CCc1cncc(Nc2ccc(CON)cc2)c1. The lowest BCUT2D eigenvalue weighted by Crippen LogP contribution is -1.99. The smallest absolute Gasteiger partial charge is 0.0930 e. The Kier molecular flexibility index (Phi) is 4.28. The molecule has 0 aliphatic rings. The number of nitrogens with zero attached hydrogens (tertiary/aromatic N) is 1. The Morgan fingerprint density at radius 2 is 1.89 bits per heavy atom. The van der Waals surface area contributed by atoms with Gasteiger partial charge in [0.2, 0.25) is 0 Å². The molecule has 1 aromatic heterocycles. The van der Waals surface area contributed by atoms with Crippen molar-refractivity contribution in [2.45, 2.75) is 20.0 Å². The van der Waals surface area contributed by atoms with Crippen LogP contribution in [0.4, 0.5) is 11.4 Å². The monoisotopic (exact) mass is 243 g/mol. The van der Waals surface area contributed by atoms with Crippen LogP contribution in [0.3, 0.4) is 0 Å². The van der Waals surface area contributed by atoms with Crippen LogP contribution in [-0.2, 0) is 17.9 Å². The highest BCUT2D eigenvalue weighted by Gasteiger charge is 1.98. The van der Waals surface area contributed by atoms with Crippen molar-refractivity contribution in [1.82, 2.24) is 4.98 Å². The van der Waals surface area contributed by atoms with Gasteiger partial charge in [0.05, 0.1) is 18.5 Å². The zero-order chi connectivity index (χ0) is 12.8. The third-order valence-corrected chi connectivity index (χ3v) is 2.70. The summed E-state index contributed by atoms with van der Waals surface area (Å²) in [5.41, 5.74) is 4.28. The molecule has 4 heteroatoms. The van der Waals surface area contributed by atoms with Crippen LogP contribution in [0.2, 0.25) is 0 Å². The Labute approximate surface area is 107 Å². The van der Waals surface area contributed by atoms with E-state index in [1.54, 1.807) is 0 Å². The highest BCUT2D eigenvalue weighted by Crippen LogP contribution is 2.17. The molecular formula is C14H17N3O. The molecule has 0 saturated carbocycles. The summed E-state index contributed by atoms with van der Waals surface area (Å²) in [7, 11) is 0. The molecule has 2 rings (SSSR count). The lowest BCUT2D eigenvalue weighted by molar-refractivity contribution is 0.124. The maximum atomic E-state index is 5.03. The summed E-state index contributed by atoms with van der Waals surface area (Å²) in [6, 6.07) is 10.0. The van der Waals surface area contributed by atoms with E-state index in [0.29, 0.717) is 6.61 Å². The fraction of sp³-hybridized carbons (Fsp3) is 0.214. The van der Waals surface area contributed by atoms with Crippen molar-refractivity contribution in [3.05, 3.63) is 53.9 Å². The maximum Gasteiger partial charge on any atom is 0.0930 e. The van der Waals surface area contributed by atoms with E-state index in [-0.39, 0.29) is 0 Å². The van der Waals surface area contributed by atoms with Gasteiger partial charge >= 0.3 is 0 Å². The minimum Gasteiger partial charge on any atom is -0.354 e. The minimum atomic E-state index is 0.424. The van der Waals surface area contributed by atoms with Crippen LogP contribution in [0.5, 0.6) is 0 Å². The zero-order valence-corrected chi connectivity index (χ0v) is 10.4. The number of nitrogens with one attached hydrogen (secondary N) is 1. The second-order valence-corrected chi connectivity index (χ2v) is 4.07. The van der Waals surface area contributed by atoms with Crippen LogP contribution in [0.15, 0.2) is 42.7 Å². The summed E-state index contributed by atoms with van der Waals surface area (Å²) in [5, 5.41) is 3.31. The quantitative estimate of drug-likeness (QED) is 0.793. The van der Waals surface area contributed by atoms with E-state index in [1.807, 2.05) is 36.7 Å². The summed E-state index contributed by atoms with van der Waals surface area (Å²) in [6.07, 6.45) is 4.68. The van der Waals surface area contributed by atoms with Gasteiger partial charge in [0.15, 0.2) is 0 Å². The van der Waals surface area contributed by atoms with Crippen molar-refractivity contribution in [3.8, 4) is 0 Å². The van der Waals surface area contributed by atoms with Gasteiger partial charge in [-0.15, -0.1) is 0 Å². The number of anilines is 2. The van der Waals surface area contributed by atoms with Crippen molar-refractivity contribution in [3.63, 3.8) is 0 Å². The number of hydrogen-bond acceptors (Lipinski definition) is 4. The molecule has 18 heavy (non-hydrogen) atoms. The van der Waals surface area contributed by atoms with E-state index in [4.69, 9.17) is 5.90 Å². The molecule has 0 aliphatic heterocycles. The predicted octanol–water partition coefficient (Wildman–Crippen LogP) is 2.78. The van der Waals surface area contributed by atoms with Gasteiger partial charge in [-0.2, -0.15) is 0 Å². The average molecular weight is 243 g/mol. The third-order valence-electron chi connectivity index (χ3n) is 2.70. The van der Waals surface area contributed by atoms with Gasteiger partial charge < -0.3 is 5.32 Å². The van der Waals surface area contributed by atoms with Crippen LogP contribution in [0, 0.1) is 0 Å². The topological polar surface area (TPSA) is 60.2 Å². The van der Waals surface area contributed by atoms with E-state index in [1.165, 1.54) is 5.56 Å². The van der Waals surface area contributed by atoms with Gasteiger partial charge in [0, 0.05) is 11.9 Å². The summed E-state index contributed by atoms with van der Waals surface area (Å²) >= 11 is 0. The summed E-state index contributed by atoms with van der Waals surface area (Å²) < 4.78 is 0. The van der Waals surface area contributed by atoms with Crippen LogP contribution in [-0.4, -0.2) is 4.98 Å². The molecule has 0 fully saturated rings. The number of nitrogens with two attached hydrogens (primary N) is 1. The number of hydrogen-bond donors (Lipinski definition) is 2. The van der Waals surface area contributed by atoms with Gasteiger partial charge in [-0.3, -0.25) is 9.82 Å². The minimum absolute atomic E-state index is 0.424. The molecule has 0 spiro atoms. The summed E-state index contributed by atoms with van der Waals surface area (Å²) in [5.74, 6) is 5.03. The van der Waals surface area contributed by atoms with Crippen molar-refractivity contribution in [2.75, 3.05) is 5.32 Å². The van der Waals surface area contributed by atoms with Crippen LogP contribution >= 0.6 is 0 Å². The Bertz CT molecular complexity index is 497.